The lowest BCUT2D eigenvalue weighted by Gasteiger charge is -2.01. The average Bonchev–Trinajstić information content (AvgIpc) is 1.91. The van der Waals surface area contributed by atoms with Gasteiger partial charge in [0.1, 0.15) is 0 Å². The molecule has 0 atom stereocenters. The van der Waals surface area contributed by atoms with Crippen molar-refractivity contribution in [3.05, 3.63) is 0 Å². The van der Waals surface area contributed by atoms with Crippen LogP contribution in [0.1, 0.15) is 0 Å². The first-order valence-electron chi connectivity index (χ1n) is 8.93. The van der Waals surface area contributed by atoms with E-state index in [1.807, 2.05) is 0 Å². The molecule has 0 unspecified atom stereocenters. The summed E-state index contributed by atoms with van der Waals surface area (Å²) < 4.78 is 0. The zero-order chi connectivity index (χ0) is 18.8. The fourth-order valence-corrected chi connectivity index (χ4v) is 0. The number of hydrogen-bond donors (Lipinski definition) is 0. The van der Waals surface area contributed by atoms with E-state index in [0.29, 0.717) is 0 Å². The van der Waals surface area contributed by atoms with Gasteiger partial charge in [0.25, 0.3) is 0 Å². The molecule has 0 N–H and O–H groups in total. The molecule has 0 radical (unpaired) electrons. The van der Waals surface area contributed by atoms with Gasteiger partial charge in [0.15, 0.2) is 0 Å². The molecule has 0 aliphatic carbocycles. The Kier molecular flexibility index (Phi) is 37.4. The minimum Gasteiger partial charge on any atom is -0.0724 e. The Morgan fingerprint density at radius 3 is 0.333 bits per heavy atom. The van der Waals surface area contributed by atoms with Gasteiger partial charge < -0.3 is 0 Å². The summed E-state index contributed by atoms with van der Waals surface area (Å²) in [5.74, 6) is 0. The van der Waals surface area contributed by atoms with Gasteiger partial charge in [0, 0.05) is 43.3 Å². The van der Waals surface area contributed by atoms with Crippen molar-refractivity contribution in [2.45, 2.75) is 105 Å². The highest BCUT2D eigenvalue weighted by Crippen LogP contribution is 1.94. The summed E-state index contributed by atoms with van der Waals surface area (Å²) in [5, 5.41) is 0. The molecule has 136 valence electrons. The van der Waals surface area contributed by atoms with Gasteiger partial charge in [0.05, 0.1) is 0 Å². The highest BCUT2D eigenvalue weighted by Gasteiger charge is 1.99. The summed E-state index contributed by atoms with van der Waals surface area (Å²) in [6, 6.07) is 0. The molecule has 0 aromatic rings. The van der Waals surface area contributed by atoms with Crippen LogP contribution in [0.5, 0.6) is 0 Å². The lowest BCUT2D eigenvalue weighted by molar-refractivity contribution is 1.71. The van der Waals surface area contributed by atoms with E-state index in [1.165, 1.54) is 0 Å². The standard InChI is InChI=1S/C4H12Si.4C3H10Si/c1-5(2,3)4;4*1-4(2)3/h1-4H3;4*4H,1-3H3. The fraction of sp³-hybridized carbons (Fsp3) is 1.00. The van der Waals surface area contributed by atoms with Crippen molar-refractivity contribution >= 4 is 43.3 Å². The molecule has 0 fully saturated rings. The minimum atomic E-state index is -0.611. The largest absolute Gasteiger partial charge is 0.0724 e. The lowest BCUT2D eigenvalue weighted by Crippen LogP contribution is -2.10. The minimum absolute atomic E-state index is 0.139. The van der Waals surface area contributed by atoms with Gasteiger partial charge >= 0.3 is 0 Å². The maximum Gasteiger partial charge on any atom is 0.0411 e. The second-order valence-electron chi connectivity index (χ2n) is 9.93. The number of hydrogen-bond acceptors (Lipinski definition) is 0. The van der Waals surface area contributed by atoms with Crippen LogP contribution in [0.25, 0.3) is 0 Å². The Morgan fingerprint density at radius 2 is 0.333 bits per heavy atom. The molecule has 0 spiro atoms. The third kappa shape index (κ3) is 6530. The van der Waals surface area contributed by atoms with Crippen LogP contribution in [0, 0.1) is 0 Å². The van der Waals surface area contributed by atoms with Crippen molar-refractivity contribution in [3.63, 3.8) is 0 Å². The van der Waals surface area contributed by atoms with Gasteiger partial charge in [-0.1, -0.05) is 105 Å². The first-order valence-corrected chi connectivity index (χ1v) is 26.8. The zero-order valence-corrected chi connectivity index (χ0v) is 24.4. The predicted octanol–water partition coefficient (Wildman–Crippen LogP) is 6.37. The van der Waals surface area contributed by atoms with Crippen molar-refractivity contribution in [2.24, 2.45) is 0 Å². The summed E-state index contributed by atoms with van der Waals surface area (Å²) in [4.78, 5) is 0. The van der Waals surface area contributed by atoms with Gasteiger partial charge in [-0.15, -0.1) is 0 Å². The predicted molar refractivity (Wildman–Crippen MR) is 128 cm³/mol. The van der Waals surface area contributed by atoms with Crippen LogP contribution >= 0.6 is 0 Å². The quantitative estimate of drug-likeness (QED) is 0.426. The van der Waals surface area contributed by atoms with E-state index in [2.05, 4.69) is 105 Å². The molecule has 0 bridgehead atoms. The van der Waals surface area contributed by atoms with Crippen LogP contribution in [0.3, 0.4) is 0 Å². The normalized spacial score (nSPS) is 9.71. The first kappa shape index (κ1) is 33.6. The molecule has 0 rings (SSSR count). The SMILES string of the molecule is C[SiH](C)C.C[SiH](C)C.C[SiH](C)C.C[SiH](C)C.C[Si](C)(C)C. The molecule has 0 saturated heterocycles. The molecule has 0 heterocycles. The second-order valence-corrected chi connectivity index (χ2v) is 29.8. The van der Waals surface area contributed by atoms with Crippen LogP contribution in [-0.2, 0) is 0 Å². The third-order valence-corrected chi connectivity index (χ3v) is 0. The molecule has 0 amide bonds. The van der Waals surface area contributed by atoms with E-state index in [4.69, 9.17) is 0 Å². The van der Waals surface area contributed by atoms with E-state index in [1.54, 1.807) is 0 Å². The Balaban J connectivity index is -0.0000000510. The fourth-order valence-electron chi connectivity index (χ4n) is 0. The van der Waals surface area contributed by atoms with E-state index in [0.717, 1.165) is 0 Å². The molecular weight excluding hydrogens is 333 g/mol. The maximum atomic E-state index is 2.33. The summed E-state index contributed by atoms with van der Waals surface area (Å²) in [6.45, 7) is 37.0. The van der Waals surface area contributed by atoms with Gasteiger partial charge in [0.2, 0.25) is 0 Å². The Morgan fingerprint density at radius 1 is 0.333 bits per heavy atom. The van der Waals surface area contributed by atoms with Crippen LogP contribution in [-0.4, -0.2) is 43.3 Å². The van der Waals surface area contributed by atoms with Gasteiger partial charge in [-0.2, -0.15) is 0 Å². The molecule has 0 aliphatic heterocycles. The summed E-state index contributed by atoms with van der Waals surface area (Å²) in [6.07, 6.45) is 0. The summed E-state index contributed by atoms with van der Waals surface area (Å²) in [5.41, 5.74) is 0. The van der Waals surface area contributed by atoms with Crippen LogP contribution in [0.2, 0.25) is 105 Å². The molecule has 0 saturated carbocycles. The Labute approximate surface area is 148 Å². The number of rotatable bonds is 0. The van der Waals surface area contributed by atoms with E-state index in [9.17, 15) is 0 Å². The first-order chi connectivity index (χ1) is 8.93. The lowest BCUT2D eigenvalue weighted by atomic mass is 11.8. The van der Waals surface area contributed by atoms with E-state index >= 15 is 0 Å². The zero-order valence-electron chi connectivity index (χ0n) is 18.8. The van der Waals surface area contributed by atoms with Crippen LogP contribution < -0.4 is 0 Å². The van der Waals surface area contributed by atoms with Gasteiger partial charge in [-0.05, 0) is 0 Å². The molecule has 0 nitrogen and oxygen atoms in total. The van der Waals surface area contributed by atoms with Crippen LogP contribution in [0.15, 0.2) is 0 Å². The molecule has 5 heteroatoms. The van der Waals surface area contributed by atoms with E-state index < -0.39 is 8.07 Å². The third-order valence-electron chi connectivity index (χ3n) is 0. The highest BCUT2D eigenvalue weighted by molar-refractivity contribution is 6.74. The van der Waals surface area contributed by atoms with Gasteiger partial charge in [-0.25, -0.2) is 0 Å². The second kappa shape index (κ2) is 23.4. The Hall–Kier alpha value is 1.08. The highest BCUT2D eigenvalue weighted by atomic mass is 28.3. The van der Waals surface area contributed by atoms with Crippen molar-refractivity contribution in [3.8, 4) is 0 Å². The van der Waals surface area contributed by atoms with Crippen molar-refractivity contribution in [1.82, 2.24) is 0 Å². The molecule has 0 aromatic heterocycles. The average molecular weight is 385 g/mol. The van der Waals surface area contributed by atoms with Crippen molar-refractivity contribution in [2.75, 3.05) is 0 Å². The monoisotopic (exact) mass is 384 g/mol. The molecule has 0 aromatic carbocycles. The smallest absolute Gasteiger partial charge is 0.0411 e. The molecular formula is C16H52Si5. The van der Waals surface area contributed by atoms with Crippen molar-refractivity contribution in [1.29, 1.82) is 0 Å². The summed E-state index contributed by atoms with van der Waals surface area (Å²) >= 11 is 0. The van der Waals surface area contributed by atoms with E-state index in [-0.39, 0.29) is 35.2 Å². The van der Waals surface area contributed by atoms with Gasteiger partial charge in [-0.3, -0.25) is 0 Å². The Bertz CT molecular complexity index is 108. The topological polar surface area (TPSA) is 0 Å². The summed E-state index contributed by atoms with van der Waals surface area (Å²) in [7, 11) is -1.17. The molecule has 0 aliphatic rings. The molecule has 21 heavy (non-hydrogen) atoms. The van der Waals surface area contributed by atoms with Crippen molar-refractivity contribution < 1.29 is 0 Å². The van der Waals surface area contributed by atoms with Crippen LogP contribution in [0.4, 0.5) is 0 Å². The maximum absolute atomic E-state index is 2.33.